The van der Waals surface area contributed by atoms with Crippen LogP contribution >= 0.6 is 0 Å². The minimum atomic E-state index is -1.34. The maximum absolute atomic E-state index is 12.6. The van der Waals surface area contributed by atoms with E-state index in [9.17, 15) is 14.7 Å². The van der Waals surface area contributed by atoms with Crippen molar-refractivity contribution in [2.45, 2.75) is 45.4 Å². The summed E-state index contributed by atoms with van der Waals surface area (Å²) in [7, 11) is 0. The van der Waals surface area contributed by atoms with Crippen molar-refractivity contribution in [2.24, 2.45) is 10.9 Å². The second-order valence-corrected chi connectivity index (χ2v) is 8.60. The predicted molar refractivity (Wildman–Crippen MR) is 114 cm³/mol. The van der Waals surface area contributed by atoms with Crippen LogP contribution in [0.15, 0.2) is 52.8 Å². The third-order valence-corrected chi connectivity index (χ3v) is 5.85. The zero-order chi connectivity index (χ0) is 21.3. The van der Waals surface area contributed by atoms with Crippen molar-refractivity contribution in [1.29, 1.82) is 0 Å². The first-order valence-corrected chi connectivity index (χ1v) is 10.4. The van der Waals surface area contributed by atoms with Crippen LogP contribution in [-0.2, 0) is 17.9 Å². The first kappa shape index (κ1) is 20.3. The molecule has 0 spiro atoms. The summed E-state index contributed by atoms with van der Waals surface area (Å²) in [6.45, 7) is 5.38. The van der Waals surface area contributed by atoms with E-state index in [0.717, 1.165) is 12.8 Å². The van der Waals surface area contributed by atoms with E-state index in [2.05, 4.69) is 28.5 Å². The lowest BCUT2D eigenvalue weighted by Gasteiger charge is -2.32. The highest BCUT2D eigenvalue weighted by atomic mass is 16.3. The Morgan fingerprint density at radius 2 is 1.83 bits per heavy atom. The summed E-state index contributed by atoms with van der Waals surface area (Å²) in [4.78, 5) is 32.7. The number of aliphatic imine (C=N–C) groups is 1. The van der Waals surface area contributed by atoms with Gasteiger partial charge < -0.3 is 14.9 Å². The van der Waals surface area contributed by atoms with Crippen molar-refractivity contribution in [1.82, 2.24) is 15.1 Å². The van der Waals surface area contributed by atoms with Gasteiger partial charge in [0.2, 0.25) is 0 Å². The lowest BCUT2D eigenvalue weighted by Crippen LogP contribution is -2.47. The first-order valence-electron chi connectivity index (χ1n) is 10.4. The minimum absolute atomic E-state index is 0.134. The molecule has 0 aliphatic carbocycles. The average molecular weight is 409 g/mol. The second kappa shape index (κ2) is 8.07. The van der Waals surface area contributed by atoms with Crippen molar-refractivity contribution in [3.8, 4) is 0 Å². The monoisotopic (exact) mass is 408 g/mol. The Morgan fingerprint density at radius 3 is 2.37 bits per heavy atom. The molecule has 1 atom stereocenters. The fraction of sp³-hybridized carbons (Fsp3) is 0.435. The lowest BCUT2D eigenvalue weighted by atomic mass is 9.90. The molecule has 3 amide bonds. The Hall–Kier alpha value is -2.93. The van der Waals surface area contributed by atoms with E-state index < -0.39 is 5.60 Å². The number of benzene rings is 1. The molecule has 2 N–H and O–H groups in total. The third kappa shape index (κ3) is 4.31. The Kier molecular flexibility index (Phi) is 5.47. The van der Waals surface area contributed by atoms with Crippen LogP contribution in [0.3, 0.4) is 0 Å². The predicted octanol–water partition coefficient (Wildman–Crippen LogP) is 2.57. The van der Waals surface area contributed by atoms with Gasteiger partial charge in [0.25, 0.3) is 5.91 Å². The zero-order valence-electron chi connectivity index (χ0n) is 17.5. The largest absolute Gasteiger partial charge is 0.381 e. The van der Waals surface area contributed by atoms with Gasteiger partial charge in [-0.25, -0.2) is 9.79 Å². The smallest absolute Gasteiger partial charge is 0.323 e. The van der Waals surface area contributed by atoms with Gasteiger partial charge in [-0.05, 0) is 43.9 Å². The molecule has 0 fully saturated rings. The second-order valence-electron chi connectivity index (χ2n) is 8.60. The number of nitrogens with one attached hydrogen (secondary N) is 1. The van der Waals surface area contributed by atoms with Crippen LogP contribution < -0.4 is 5.32 Å². The van der Waals surface area contributed by atoms with Crippen LogP contribution in [0, 0.1) is 5.92 Å². The van der Waals surface area contributed by atoms with Crippen molar-refractivity contribution in [3.63, 3.8) is 0 Å². The molecule has 1 aromatic carbocycles. The number of amides is 3. The summed E-state index contributed by atoms with van der Waals surface area (Å²) >= 11 is 0. The van der Waals surface area contributed by atoms with E-state index in [1.807, 2.05) is 24.4 Å². The molecule has 7 nitrogen and oxygen atoms in total. The molecule has 4 rings (SSSR count). The number of fused-ring (bicyclic) bond motifs is 1. The fourth-order valence-corrected chi connectivity index (χ4v) is 4.11. The highest BCUT2D eigenvalue weighted by Gasteiger charge is 2.31. The SMILES string of the molecule is CC(C)(O)C(=O)N1CC=C(C2C=NC(NC(=O)N3Cc4ccccc4C3)=CC2)CC1. The molecule has 3 heterocycles. The summed E-state index contributed by atoms with van der Waals surface area (Å²) in [6.07, 6.45) is 7.43. The number of rotatable bonds is 3. The first-order chi connectivity index (χ1) is 14.3. The molecule has 0 aromatic heterocycles. The molecular formula is C23H28N4O3. The van der Waals surface area contributed by atoms with E-state index in [1.165, 1.54) is 30.5 Å². The molecule has 1 unspecified atom stereocenters. The molecule has 0 saturated heterocycles. The maximum Gasteiger partial charge on any atom is 0.323 e. The fourth-order valence-electron chi connectivity index (χ4n) is 4.11. The number of urea groups is 1. The van der Waals surface area contributed by atoms with E-state index in [-0.39, 0.29) is 17.9 Å². The normalized spacial score (nSPS) is 21.1. The number of carbonyl (C=O) groups excluding carboxylic acids is 2. The van der Waals surface area contributed by atoms with Crippen LogP contribution in [-0.4, -0.2) is 51.7 Å². The summed E-state index contributed by atoms with van der Waals surface area (Å²) in [5.41, 5.74) is 2.28. The van der Waals surface area contributed by atoms with E-state index in [0.29, 0.717) is 32.0 Å². The van der Waals surface area contributed by atoms with Gasteiger partial charge in [-0.2, -0.15) is 0 Å². The van der Waals surface area contributed by atoms with Crippen LogP contribution in [0.1, 0.15) is 37.8 Å². The van der Waals surface area contributed by atoms with E-state index >= 15 is 0 Å². The molecule has 7 heteroatoms. The number of allylic oxidation sites excluding steroid dienone is 1. The quantitative estimate of drug-likeness (QED) is 0.754. The van der Waals surface area contributed by atoms with Crippen LogP contribution in [0.25, 0.3) is 0 Å². The molecule has 0 bridgehead atoms. The van der Waals surface area contributed by atoms with E-state index in [4.69, 9.17) is 0 Å². The number of carbonyl (C=O) groups is 2. The van der Waals surface area contributed by atoms with E-state index in [1.54, 1.807) is 9.80 Å². The zero-order valence-corrected chi connectivity index (χ0v) is 17.5. The minimum Gasteiger partial charge on any atom is -0.381 e. The molecule has 1 aromatic rings. The van der Waals surface area contributed by atoms with Gasteiger partial charge in [-0.3, -0.25) is 10.1 Å². The number of hydrogen-bond acceptors (Lipinski definition) is 4. The van der Waals surface area contributed by atoms with Crippen LogP contribution in [0.5, 0.6) is 0 Å². The van der Waals surface area contributed by atoms with Crippen LogP contribution in [0.2, 0.25) is 0 Å². The number of aliphatic hydroxyl groups is 1. The van der Waals surface area contributed by atoms with Gasteiger partial charge >= 0.3 is 6.03 Å². The Bertz CT molecular complexity index is 917. The Balaban J connectivity index is 1.29. The van der Waals surface area contributed by atoms with Crippen molar-refractivity contribution < 1.29 is 14.7 Å². The Labute approximate surface area is 176 Å². The summed E-state index contributed by atoms with van der Waals surface area (Å²) in [5.74, 6) is 0.521. The van der Waals surface area contributed by atoms with Gasteiger partial charge in [-0.1, -0.05) is 35.9 Å². The molecule has 30 heavy (non-hydrogen) atoms. The van der Waals surface area contributed by atoms with Crippen molar-refractivity contribution >= 4 is 18.2 Å². The molecule has 0 saturated carbocycles. The molecular weight excluding hydrogens is 380 g/mol. The van der Waals surface area contributed by atoms with Gasteiger partial charge in [0, 0.05) is 38.3 Å². The maximum atomic E-state index is 12.6. The lowest BCUT2D eigenvalue weighted by molar-refractivity contribution is -0.147. The van der Waals surface area contributed by atoms with Gasteiger partial charge in [0.05, 0.1) is 0 Å². The van der Waals surface area contributed by atoms with Gasteiger partial charge in [-0.15, -0.1) is 0 Å². The van der Waals surface area contributed by atoms with Gasteiger partial charge in [0.15, 0.2) is 0 Å². The summed E-state index contributed by atoms with van der Waals surface area (Å²) in [6, 6.07) is 7.96. The number of hydrogen-bond donors (Lipinski definition) is 2. The molecule has 158 valence electrons. The summed E-state index contributed by atoms with van der Waals surface area (Å²) in [5, 5.41) is 12.8. The molecule has 3 aliphatic heterocycles. The number of nitrogens with zero attached hydrogens (tertiary/aromatic N) is 3. The highest BCUT2D eigenvalue weighted by molar-refractivity contribution is 5.84. The third-order valence-electron chi connectivity index (χ3n) is 5.85. The van der Waals surface area contributed by atoms with Crippen molar-refractivity contribution in [3.05, 3.63) is 58.9 Å². The van der Waals surface area contributed by atoms with Crippen LogP contribution in [0.4, 0.5) is 4.79 Å². The van der Waals surface area contributed by atoms with Crippen molar-refractivity contribution in [2.75, 3.05) is 13.1 Å². The standard InChI is InChI=1S/C23H28N4O3/c1-23(2,30)21(28)26-11-9-16(10-12-26)17-7-8-20(24-13-17)25-22(29)27-14-18-5-3-4-6-19(18)15-27/h3-6,8-9,13,17,30H,7,10-12,14-15H2,1-2H3,(H,25,29). The topological polar surface area (TPSA) is 85.2 Å². The molecule has 0 radical (unpaired) electrons. The van der Waals surface area contributed by atoms with Gasteiger partial charge in [0.1, 0.15) is 11.4 Å². The highest BCUT2D eigenvalue weighted by Crippen LogP contribution is 2.26. The molecule has 3 aliphatic rings. The average Bonchev–Trinajstić information content (AvgIpc) is 3.18. The Morgan fingerprint density at radius 1 is 1.13 bits per heavy atom. The summed E-state index contributed by atoms with van der Waals surface area (Å²) < 4.78 is 0.